The van der Waals surface area contributed by atoms with Crippen LogP contribution in [0.15, 0.2) is 97.3 Å². The first-order chi connectivity index (χ1) is 26.0. The topological polar surface area (TPSA) is 156 Å². The summed E-state index contributed by atoms with van der Waals surface area (Å²) in [4.78, 5) is 34.9. The molecule has 0 saturated carbocycles. The van der Waals surface area contributed by atoms with Crippen molar-refractivity contribution in [2.75, 3.05) is 39.3 Å². The monoisotopic (exact) mass is 743 g/mol. The zero-order valence-corrected chi connectivity index (χ0v) is 29.2. The average Bonchev–Trinajstić information content (AvgIpc) is 3.63. The van der Waals surface area contributed by atoms with E-state index in [4.69, 9.17) is 10.00 Å². The van der Waals surface area contributed by atoms with Crippen LogP contribution in [0.4, 0.5) is 13.2 Å². The van der Waals surface area contributed by atoms with Gasteiger partial charge in [0.2, 0.25) is 11.8 Å². The van der Waals surface area contributed by atoms with Gasteiger partial charge in [0.05, 0.1) is 23.4 Å². The number of ether oxygens (including phenoxy) is 1. The maximum absolute atomic E-state index is 13.9. The molecule has 3 atom stereocenters. The Morgan fingerprint density at radius 2 is 1.85 bits per heavy atom. The number of nitrogens with zero attached hydrogens (tertiary/aromatic N) is 5. The Morgan fingerprint density at radius 1 is 1.06 bits per heavy atom. The van der Waals surface area contributed by atoms with Gasteiger partial charge in [-0.15, -0.1) is 0 Å². The van der Waals surface area contributed by atoms with E-state index in [-0.39, 0.29) is 50.5 Å². The number of fused-ring (bicyclic) bond motifs is 1. The Balaban J connectivity index is 1.15. The molecule has 0 radical (unpaired) electrons. The first-order valence-corrected chi connectivity index (χ1v) is 17.5. The highest BCUT2D eigenvalue weighted by atomic mass is 19.4. The van der Waals surface area contributed by atoms with E-state index < -0.39 is 42.6 Å². The van der Waals surface area contributed by atoms with Gasteiger partial charge in [-0.3, -0.25) is 24.4 Å². The Kier molecular flexibility index (Phi) is 12.0. The van der Waals surface area contributed by atoms with E-state index in [1.165, 1.54) is 0 Å². The normalized spacial score (nSPS) is 17.5. The lowest BCUT2D eigenvalue weighted by molar-refractivity contribution is -0.143. The number of alkyl halides is 3. The maximum Gasteiger partial charge on any atom is 0.405 e. The minimum absolute atomic E-state index is 0.0487. The van der Waals surface area contributed by atoms with Gasteiger partial charge >= 0.3 is 6.18 Å². The standard InChI is InChI=1S/C39H40F3N7O5/c40-39(41,42)25-45-38(53)33-23-47(20-28-11-13-48(21-28)30-9-7-26(18-43)8-10-30)14-15-49(33)22-31(50)17-29(16-27-4-3-12-44-19-27)37(52)46-36-32-5-1-2-6-35(32)54-24-34(36)51/h1-13,19,21,29,31,33,50-51H,14-17,20,22-25H2,(H,45,53)(H,46,52)/t29-,31+,33+/m1/s1. The Morgan fingerprint density at radius 3 is 2.59 bits per heavy atom. The van der Waals surface area contributed by atoms with Crippen molar-refractivity contribution in [3.05, 3.63) is 120 Å². The molecule has 282 valence electrons. The van der Waals surface area contributed by atoms with Crippen molar-refractivity contribution < 1.29 is 37.7 Å². The maximum atomic E-state index is 13.9. The van der Waals surface area contributed by atoms with Crippen molar-refractivity contribution >= 4 is 17.5 Å². The molecule has 0 bridgehead atoms. The second kappa shape index (κ2) is 17.0. The third-order valence-electron chi connectivity index (χ3n) is 9.43. The summed E-state index contributed by atoms with van der Waals surface area (Å²) in [6, 6.07) is 20.6. The lowest BCUT2D eigenvalue weighted by Crippen LogP contribution is -2.60. The molecule has 0 aliphatic carbocycles. The number of rotatable bonds is 13. The number of aromatic nitrogens is 2. The third-order valence-corrected chi connectivity index (χ3v) is 9.43. The molecule has 0 unspecified atom stereocenters. The van der Waals surface area contributed by atoms with Crippen molar-refractivity contribution in [2.24, 2.45) is 5.92 Å². The lowest BCUT2D eigenvalue weighted by Gasteiger charge is -2.41. The zero-order chi connectivity index (χ0) is 38.2. The fourth-order valence-corrected chi connectivity index (χ4v) is 6.75. The first-order valence-electron chi connectivity index (χ1n) is 17.5. The van der Waals surface area contributed by atoms with Crippen LogP contribution in [0.2, 0.25) is 0 Å². The molecular formula is C39H40F3N7O5. The van der Waals surface area contributed by atoms with Crippen LogP contribution in [-0.2, 0) is 22.6 Å². The van der Waals surface area contributed by atoms with Gasteiger partial charge in [0.1, 0.15) is 24.9 Å². The number of aliphatic hydroxyl groups excluding tert-OH is 2. The Hall–Kier alpha value is -5.69. The quantitative estimate of drug-likeness (QED) is 0.159. The summed E-state index contributed by atoms with van der Waals surface area (Å²) in [7, 11) is 0. The number of carbonyl (C=O) groups is 2. The zero-order valence-electron chi connectivity index (χ0n) is 29.2. The highest BCUT2D eigenvalue weighted by Crippen LogP contribution is 2.31. The van der Waals surface area contributed by atoms with E-state index in [1.54, 1.807) is 65.8 Å². The van der Waals surface area contributed by atoms with E-state index in [9.17, 15) is 33.0 Å². The van der Waals surface area contributed by atoms with E-state index in [0.29, 0.717) is 30.0 Å². The molecule has 54 heavy (non-hydrogen) atoms. The van der Waals surface area contributed by atoms with Gasteiger partial charge in [-0.05, 0) is 72.5 Å². The largest absolute Gasteiger partial charge is 0.507 e. The Bertz CT molecular complexity index is 2000. The number of piperazine rings is 1. The number of nitriles is 1. The number of benzene rings is 2. The van der Waals surface area contributed by atoms with Gasteiger partial charge in [-0.25, -0.2) is 0 Å². The number of aliphatic hydroxyl groups is 2. The SMILES string of the molecule is N#Cc1ccc(-n2ccc(CN3CCN(C[C@@H](O)C[C@@H](Cc4cccnc4)C(=O)NC4=C(O)COc5ccccc54)[C@H](C(=O)NCC(F)(F)F)C3)c2)cc1. The minimum atomic E-state index is -4.61. The fraction of sp³-hybridized carbons (Fsp3) is 0.333. The molecule has 15 heteroatoms. The smallest absolute Gasteiger partial charge is 0.405 e. The second-order valence-corrected chi connectivity index (χ2v) is 13.4. The molecule has 2 aliphatic rings. The summed E-state index contributed by atoms with van der Waals surface area (Å²) in [5.74, 6) is -1.75. The van der Waals surface area contributed by atoms with Crippen molar-refractivity contribution in [1.82, 2.24) is 30.0 Å². The average molecular weight is 744 g/mol. The molecule has 2 aliphatic heterocycles. The molecule has 2 amide bonds. The molecule has 4 N–H and O–H groups in total. The van der Waals surface area contributed by atoms with Gasteiger partial charge < -0.3 is 30.2 Å². The Labute approximate surface area is 310 Å². The molecule has 1 fully saturated rings. The van der Waals surface area contributed by atoms with Gasteiger partial charge in [0.15, 0.2) is 5.76 Å². The van der Waals surface area contributed by atoms with Crippen LogP contribution in [0.5, 0.6) is 5.75 Å². The van der Waals surface area contributed by atoms with Crippen LogP contribution in [0, 0.1) is 17.2 Å². The molecule has 0 spiro atoms. The molecule has 12 nitrogen and oxygen atoms in total. The molecular weight excluding hydrogens is 703 g/mol. The van der Waals surface area contributed by atoms with Crippen molar-refractivity contribution in [3.63, 3.8) is 0 Å². The molecule has 4 aromatic rings. The molecule has 4 heterocycles. The van der Waals surface area contributed by atoms with Crippen LogP contribution < -0.4 is 15.4 Å². The third kappa shape index (κ3) is 9.84. The van der Waals surface area contributed by atoms with Crippen LogP contribution in [0.3, 0.4) is 0 Å². The first kappa shape index (κ1) is 38.0. The van der Waals surface area contributed by atoms with Gasteiger partial charge in [-0.1, -0.05) is 18.2 Å². The van der Waals surface area contributed by atoms with Crippen LogP contribution in [0.25, 0.3) is 11.4 Å². The summed E-state index contributed by atoms with van der Waals surface area (Å²) in [6.45, 7) is -0.430. The summed E-state index contributed by atoms with van der Waals surface area (Å²) >= 11 is 0. The summed E-state index contributed by atoms with van der Waals surface area (Å²) in [5, 5.41) is 36.0. The highest BCUT2D eigenvalue weighted by molar-refractivity contribution is 5.90. The number of amides is 2. The van der Waals surface area contributed by atoms with Gasteiger partial charge in [0.25, 0.3) is 0 Å². The van der Waals surface area contributed by atoms with Gasteiger partial charge in [-0.2, -0.15) is 18.4 Å². The number of hydrogen-bond acceptors (Lipinski definition) is 9. The van der Waals surface area contributed by atoms with E-state index >= 15 is 0 Å². The number of carbonyl (C=O) groups excluding carboxylic acids is 2. The fourth-order valence-electron chi connectivity index (χ4n) is 6.75. The number of pyridine rings is 1. The van der Waals surface area contributed by atoms with Crippen LogP contribution >= 0.6 is 0 Å². The molecule has 2 aromatic heterocycles. The number of para-hydroxylation sites is 1. The highest BCUT2D eigenvalue weighted by Gasteiger charge is 2.37. The summed E-state index contributed by atoms with van der Waals surface area (Å²) in [5.41, 5.74) is 3.76. The van der Waals surface area contributed by atoms with E-state index in [2.05, 4.69) is 16.4 Å². The second-order valence-electron chi connectivity index (χ2n) is 13.4. The minimum Gasteiger partial charge on any atom is -0.507 e. The number of β-amino-alcohol motifs (C(OH)–C–C–N with tert-alkyl or cyclic N) is 1. The van der Waals surface area contributed by atoms with Gasteiger partial charge in [0, 0.05) is 74.7 Å². The summed E-state index contributed by atoms with van der Waals surface area (Å²) in [6.07, 6.45) is 1.40. The van der Waals surface area contributed by atoms with Crippen LogP contribution in [0.1, 0.15) is 28.7 Å². The molecule has 1 saturated heterocycles. The van der Waals surface area contributed by atoms with Crippen molar-refractivity contribution in [1.29, 1.82) is 5.26 Å². The summed E-state index contributed by atoms with van der Waals surface area (Å²) < 4.78 is 46.9. The predicted octanol–water partition coefficient (Wildman–Crippen LogP) is 3.95. The molecule has 6 rings (SSSR count). The predicted molar refractivity (Wildman–Crippen MR) is 192 cm³/mol. The van der Waals surface area contributed by atoms with E-state index in [0.717, 1.165) is 16.8 Å². The van der Waals surface area contributed by atoms with E-state index in [1.807, 2.05) is 45.4 Å². The van der Waals surface area contributed by atoms with Crippen molar-refractivity contribution in [3.8, 4) is 17.5 Å². The molecule has 2 aromatic carbocycles. The van der Waals surface area contributed by atoms with Crippen LogP contribution in [-0.4, -0.2) is 99.0 Å². The number of halogens is 3. The van der Waals surface area contributed by atoms with Crippen molar-refractivity contribution in [2.45, 2.75) is 37.7 Å². The lowest BCUT2D eigenvalue weighted by atomic mass is 9.92. The number of nitrogens with one attached hydrogen (secondary N) is 2. The number of hydrogen-bond donors (Lipinski definition) is 4.